The van der Waals surface area contributed by atoms with Gasteiger partial charge in [0, 0.05) is 16.2 Å². The van der Waals surface area contributed by atoms with Gasteiger partial charge in [0.15, 0.2) is 0 Å². The van der Waals surface area contributed by atoms with Gasteiger partial charge in [0.2, 0.25) is 0 Å². The molecule has 5 heteroatoms. The highest BCUT2D eigenvalue weighted by atomic mass is 79.9. The maximum Gasteiger partial charge on any atom is 0.123 e. The Morgan fingerprint density at radius 3 is 2.38 bits per heavy atom. The second kappa shape index (κ2) is 5.69. The van der Waals surface area contributed by atoms with E-state index in [1.165, 1.54) is 12.1 Å². The molecule has 3 nitrogen and oxygen atoms in total. The summed E-state index contributed by atoms with van der Waals surface area (Å²) in [5.41, 5.74) is 9.20. The van der Waals surface area contributed by atoms with Crippen LogP contribution in [0.5, 0.6) is 0 Å². The van der Waals surface area contributed by atoms with Gasteiger partial charge in [0.05, 0.1) is 12.2 Å². The van der Waals surface area contributed by atoms with Crippen molar-refractivity contribution in [3.8, 4) is 11.3 Å². The summed E-state index contributed by atoms with van der Waals surface area (Å²) >= 11 is 3.41. The van der Waals surface area contributed by atoms with Crippen molar-refractivity contribution in [2.24, 2.45) is 0 Å². The van der Waals surface area contributed by atoms with Gasteiger partial charge in [-0.25, -0.2) is 4.39 Å². The van der Waals surface area contributed by atoms with E-state index in [0.29, 0.717) is 17.9 Å². The van der Waals surface area contributed by atoms with E-state index >= 15 is 0 Å². The Kier molecular flexibility index (Phi) is 3.75. The van der Waals surface area contributed by atoms with Crippen molar-refractivity contribution < 1.29 is 4.39 Å². The second-order valence-corrected chi connectivity index (χ2v) is 5.68. The Hall–Kier alpha value is -2.14. The van der Waals surface area contributed by atoms with Crippen LogP contribution in [0.4, 0.5) is 10.1 Å². The standard InChI is InChI=1S/C16H13BrFN3/c17-13-5-1-11(2-6-13)9-21-10-15(19)16(20-21)12-3-7-14(18)8-4-12/h1-8,10H,9,19H2. The van der Waals surface area contributed by atoms with E-state index in [9.17, 15) is 4.39 Å². The number of anilines is 1. The van der Waals surface area contributed by atoms with Gasteiger partial charge in [0.25, 0.3) is 0 Å². The SMILES string of the molecule is Nc1cn(Cc2ccc(Br)cc2)nc1-c1ccc(F)cc1. The third-order valence-corrected chi connectivity index (χ3v) is 3.69. The molecule has 0 spiro atoms. The normalized spacial score (nSPS) is 10.8. The van der Waals surface area contributed by atoms with Gasteiger partial charge in [-0.2, -0.15) is 5.10 Å². The molecule has 0 saturated carbocycles. The number of nitrogen functional groups attached to an aromatic ring is 1. The summed E-state index contributed by atoms with van der Waals surface area (Å²) in [6.45, 7) is 0.638. The van der Waals surface area contributed by atoms with Crippen LogP contribution in [0, 0.1) is 5.82 Å². The Morgan fingerprint density at radius 1 is 1.05 bits per heavy atom. The van der Waals surface area contributed by atoms with Crippen molar-refractivity contribution in [1.29, 1.82) is 0 Å². The van der Waals surface area contributed by atoms with Gasteiger partial charge < -0.3 is 5.73 Å². The van der Waals surface area contributed by atoms with Crippen LogP contribution in [0.3, 0.4) is 0 Å². The third-order valence-electron chi connectivity index (χ3n) is 3.17. The number of benzene rings is 2. The largest absolute Gasteiger partial charge is 0.396 e. The minimum atomic E-state index is -0.272. The van der Waals surface area contributed by atoms with E-state index in [1.54, 1.807) is 23.0 Å². The molecule has 0 unspecified atom stereocenters. The molecule has 0 amide bonds. The predicted molar refractivity (Wildman–Crippen MR) is 85.3 cm³/mol. The lowest BCUT2D eigenvalue weighted by Crippen LogP contribution is -2.00. The van der Waals surface area contributed by atoms with Crippen molar-refractivity contribution in [3.05, 3.63) is 70.6 Å². The summed E-state index contributed by atoms with van der Waals surface area (Å²) in [4.78, 5) is 0. The lowest BCUT2D eigenvalue weighted by atomic mass is 10.1. The van der Waals surface area contributed by atoms with E-state index < -0.39 is 0 Å². The third kappa shape index (κ3) is 3.13. The summed E-state index contributed by atoms with van der Waals surface area (Å²) in [6.07, 6.45) is 1.79. The number of nitrogens with zero attached hydrogens (tertiary/aromatic N) is 2. The quantitative estimate of drug-likeness (QED) is 0.777. The molecule has 0 aliphatic carbocycles. The Bertz CT molecular complexity index is 748. The molecule has 1 aromatic heterocycles. The van der Waals surface area contributed by atoms with Crippen molar-refractivity contribution >= 4 is 21.6 Å². The lowest BCUT2D eigenvalue weighted by molar-refractivity contribution is 0.628. The zero-order valence-electron chi connectivity index (χ0n) is 11.1. The molecule has 106 valence electrons. The molecule has 0 aliphatic heterocycles. The van der Waals surface area contributed by atoms with Gasteiger partial charge in [-0.1, -0.05) is 28.1 Å². The predicted octanol–water partition coefficient (Wildman–Crippen LogP) is 4.08. The van der Waals surface area contributed by atoms with Crippen LogP contribution in [0.2, 0.25) is 0 Å². The van der Waals surface area contributed by atoms with Crippen LogP contribution >= 0.6 is 15.9 Å². The van der Waals surface area contributed by atoms with Gasteiger partial charge in [-0.3, -0.25) is 4.68 Å². The average molecular weight is 346 g/mol. The van der Waals surface area contributed by atoms with Crippen LogP contribution in [0.25, 0.3) is 11.3 Å². The fourth-order valence-corrected chi connectivity index (χ4v) is 2.39. The van der Waals surface area contributed by atoms with Crippen LogP contribution in [0.15, 0.2) is 59.2 Å². The monoisotopic (exact) mass is 345 g/mol. The molecule has 0 saturated heterocycles. The van der Waals surface area contributed by atoms with Gasteiger partial charge in [0.1, 0.15) is 11.5 Å². The Morgan fingerprint density at radius 2 is 1.71 bits per heavy atom. The number of nitrogens with two attached hydrogens (primary N) is 1. The van der Waals surface area contributed by atoms with Crippen molar-refractivity contribution in [1.82, 2.24) is 9.78 Å². The van der Waals surface area contributed by atoms with Gasteiger partial charge in [-0.15, -0.1) is 0 Å². The second-order valence-electron chi connectivity index (χ2n) is 4.76. The molecule has 0 atom stereocenters. The molecule has 3 rings (SSSR count). The highest BCUT2D eigenvalue weighted by Gasteiger charge is 2.09. The maximum absolute atomic E-state index is 13.0. The minimum absolute atomic E-state index is 0.272. The number of rotatable bonds is 3. The summed E-state index contributed by atoms with van der Waals surface area (Å²) < 4.78 is 15.8. The topological polar surface area (TPSA) is 43.8 Å². The maximum atomic E-state index is 13.0. The van der Waals surface area contributed by atoms with Crippen molar-refractivity contribution in [3.63, 3.8) is 0 Å². The molecule has 0 fully saturated rings. The Labute approximate surface area is 130 Å². The molecule has 0 bridgehead atoms. The first-order valence-corrected chi connectivity index (χ1v) is 7.24. The van der Waals surface area contributed by atoms with Crippen LogP contribution in [-0.2, 0) is 6.54 Å². The average Bonchev–Trinajstić information content (AvgIpc) is 2.83. The molecule has 0 aliphatic rings. The van der Waals surface area contributed by atoms with Crippen molar-refractivity contribution in [2.75, 3.05) is 5.73 Å². The van der Waals surface area contributed by atoms with E-state index in [0.717, 1.165) is 15.6 Å². The van der Waals surface area contributed by atoms with Crippen LogP contribution in [-0.4, -0.2) is 9.78 Å². The molecular formula is C16H13BrFN3. The Balaban J connectivity index is 1.87. The summed E-state index contributed by atoms with van der Waals surface area (Å²) in [7, 11) is 0. The fourth-order valence-electron chi connectivity index (χ4n) is 2.13. The highest BCUT2D eigenvalue weighted by molar-refractivity contribution is 9.10. The zero-order valence-corrected chi connectivity index (χ0v) is 12.7. The molecule has 0 radical (unpaired) electrons. The number of aromatic nitrogens is 2. The smallest absolute Gasteiger partial charge is 0.123 e. The van der Waals surface area contributed by atoms with E-state index in [4.69, 9.17) is 5.73 Å². The van der Waals surface area contributed by atoms with E-state index in [-0.39, 0.29) is 5.82 Å². The van der Waals surface area contributed by atoms with E-state index in [2.05, 4.69) is 21.0 Å². The first-order valence-electron chi connectivity index (χ1n) is 6.45. The minimum Gasteiger partial charge on any atom is -0.396 e. The zero-order chi connectivity index (χ0) is 14.8. The van der Waals surface area contributed by atoms with E-state index in [1.807, 2.05) is 24.3 Å². The molecule has 1 heterocycles. The highest BCUT2D eigenvalue weighted by Crippen LogP contribution is 2.24. The lowest BCUT2D eigenvalue weighted by Gasteiger charge is -2.02. The molecule has 21 heavy (non-hydrogen) atoms. The molecule has 2 aromatic carbocycles. The van der Waals surface area contributed by atoms with Gasteiger partial charge >= 0.3 is 0 Å². The fraction of sp³-hybridized carbons (Fsp3) is 0.0625. The summed E-state index contributed by atoms with van der Waals surface area (Å²) in [5.74, 6) is -0.272. The first-order chi connectivity index (χ1) is 10.1. The molecule has 2 N–H and O–H groups in total. The first kappa shape index (κ1) is 13.8. The molecule has 3 aromatic rings. The van der Waals surface area contributed by atoms with Crippen molar-refractivity contribution in [2.45, 2.75) is 6.54 Å². The molecular weight excluding hydrogens is 333 g/mol. The number of hydrogen-bond acceptors (Lipinski definition) is 2. The summed E-state index contributed by atoms with van der Waals surface area (Å²) in [6, 6.07) is 14.2. The number of hydrogen-bond donors (Lipinski definition) is 1. The van der Waals surface area contributed by atoms with Gasteiger partial charge in [-0.05, 0) is 42.0 Å². The summed E-state index contributed by atoms with van der Waals surface area (Å²) in [5, 5.41) is 4.48. The van der Waals surface area contributed by atoms with Crippen LogP contribution in [0.1, 0.15) is 5.56 Å². The van der Waals surface area contributed by atoms with Crippen LogP contribution < -0.4 is 5.73 Å². The number of halogens is 2.